The number of hydrogen-bond donors (Lipinski definition) is 2. The van der Waals surface area contributed by atoms with Crippen LogP contribution in [0.1, 0.15) is 5.69 Å². The van der Waals surface area contributed by atoms with Crippen molar-refractivity contribution in [1.82, 2.24) is 9.97 Å². The van der Waals surface area contributed by atoms with Crippen molar-refractivity contribution in [1.29, 1.82) is 0 Å². The van der Waals surface area contributed by atoms with Crippen LogP contribution in [0.2, 0.25) is 0 Å². The molecule has 2 aromatic heterocycles. The largest absolute Gasteiger partial charge is 0.397 e. The third-order valence-corrected chi connectivity index (χ3v) is 1.89. The Balaban J connectivity index is 2.41. The van der Waals surface area contributed by atoms with E-state index in [1.54, 1.807) is 6.20 Å². The summed E-state index contributed by atoms with van der Waals surface area (Å²) < 4.78 is 0. The number of aromatic nitrogens is 2. The van der Waals surface area contributed by atoms with Gasteiger partial charge in [-0.15, -0.1) is 0 Å². The Hall–Kier alpha value is -1.77. The molecule has 0 aliphatic carbocycles. The Morgan fingerprint density at radius 1 is 1.23 bits per heavy atom. The van der Waals surface area contributed by atoms with Crippen molar-refractivity contribution in [2.45, 2.75) is 6.92 Å². The van der Waals surface area contributed by atoms with Crippen molar-refractivity contribution < 1.29 is 0 Å². The topological polar surface area (TPSA) is 54.7 Å². The van der Waals surface area contributed by atoms with E-state index in [0.717, 1.165) is 17.1 Å². The number of aryl methyl sites for hydroxylation is 1. The minimum Gasteiger partial charge on any atom is -0.397 e. The normalized spacial score (nSPS) is 10.2. The molecule has 2 rings (SSSR count). The van der Waals surface area contributed by atoms with Crippen LogP contribution in [0.4, 0.5) is 5.69 Å². The molecule has 13 heavy (non-hydrogen) atoms. The highest BCUT2D eigenvalue weighted by Gasteiger charge is 1.99. The zero-order valence-corrected chi connectivity index (χ0v) is 7.41. The molecule has 66 valence electrons. The molecular weight excluding hydrogens is 162 g/mol. The van der Waals surface area contributed by atoms with Crippen molar-refractivity contribution in [3.63, 3.8) is 0 Å². The molecule has 3 nitrogen and oxygen atoms in total. The number of pyridine rings is 1. The lowest BCUT2D eigenvalue weighted by atomic mass is 10.3. The van der Waals surface area contributed by atoms with Gasteiger partial charge in [-0.2, -0.15) is 0 Å². The fraction of sp³-hybridized carbons (Fsp3) is 0.100. The van der Waals surface area contributed by atoms with E-state index < -0.39 is 0 Å². The highest BCUT2D eigenvalue weighted by molar-refractivity contribution is 5.56. The summed E-state index contributed by atoms with van der Waals surface area (Å²) in [6.07, 6.45) is 1.66. The van der Waals surface area contributed by atoms with Gasteiger partial charge < -0.3 is 10.7 Å². The van der Waals surface area contributed by atoms with Crippen molar-refractivity contribution in [3.8, 4) is 11.4 Å². The summed E-state index contributed by atoms with van der Waals surface area (Å²) >= 11 is 0. The highest BCUT2D eigenvalue weighted by atomic mass is 14.8. The maximum Gasteiger partial charge on any atom is 0.0866 e. The maximum atomic E-state index is 5.54. The highest BCUT2D eigenvalue weighted by Crippen LogP contribution is 2.16. The summed E-state index contributed by atoms with van der Waals surface area (Å²) in [5.74, 6) is 0. The molecule has 0 atom stereocenters. The SMILES string of the molecule is Cc1ccc(-c2ccc(N)cn2)[nH]1. The van der Waals surface area contributed by atoms with Crippen LogP contribution >= 0.6 is 0 Å². The van der Waals surface area contributed by atoms with Crippen LogP contribution in [0.5, 0.6) is 0 Å². The van der Waals surface area contributed by atoms with E-state index >= 15 is 0 Å². The molecule has 0 unspecified atom stereocenters. The molecule has 0 aliphatic rings. The smallest absolute Gasteiger partial charge is 0.0866 e. The van der Waals surface area contributed by atoms with Crippen LogP contribution in [-0.4, -0.2) is 9.97 Å². The lowest BCUT2D eigenvalue weighted by Crippen LogP contribution is -1.88. The number of nitrogens with zero attached hydrogens (tertiary/aromatic N) is 1. The summed E-state index contributed by atoms with van der Waals surface area (Å²) in [6.45, 7) is 2.01. The number of anilines is 1. The first-order valence-corrected chi connectivity index (χ1v) is 4.13. The minimum atomic E-state index is 0.687. The molecule has 0 radical (unpaired) electrons. The summed E-state index contributed by atoms with van der Waals surface area (Å²) in [7, 11) is 0. The molecule has 3 N–H and O–H groups in total. The molecule has 0 aromatic carbocycles. The summed E-state index contributed by atoms with van der Waals surface area (Å²) in [4.78, 5) is 7.41. The first-order valence-electron chi connectivity index (χ1n) is 4.13. The third kappa shape index (κ3) is 1.54. The molecule has 0 amide bonds. The van der Waals surface area contributed by atoms with Gasteiger partial charge in [-0.1, -0.05) is 0 Å². The summed E-state index contributed by atoms with van der Waals surface area (Å²) in [5, 5.41) is 0. The van der Waals surface area contributed by atoms with Crippen molar-refractivity contribution >= 4 is 5.69 Å². The van der Waals surface area contributed by atoms with E-state index in [1.807, 2.05) is 31.2 Å². The van der Waals surface area contributed by atoms with Gasteiger partial charge in [0.15, 0.2) is 0 Å². The van der Waals surface area contributed by atoms with E-state index in [9.17, 15) is 0 Å². The van der Waals surface area contributed by atoms with Crippen LogP contribution in [0.15, 0.2) is 30.5 Å². The van der Waals surface area contributed by atoms with E-state index in [2.05, 4.69) is 9.97 Å². The number of hydrogen-bond acceptors (Lipinski definition) is 2. The zero-order chi connectivity index (χ0) is 9.26. The van der Waals surface area contributed by atoms with Gasteiger partial charge in [-0.25, -0.2) is 0 Å². The molecule has 0 aliphatic heterocycles. The predicted octanol–water partition coefficient (Wildman–Crippen LogP) is 1.97. The van der Waals surface area contributed by atoms with Gasteiger partial charge in [-0.05, 0) is 31.2 Å². The van der Waals surface area contributed by atoms with Gasteiger partial charge in [0.1, 0.15) is 0 Å². The van der Waals surface area contributed by atoms with Gasteiger partial charge in [0.05, 0.1) is 23.3 Å². The Bertz CT molecular complexity index is 400. The lowest BCUT2D eigenvalue weighted by molar-refractivity contribution is 1.23. The molecule has 2 aromatic rings. The van der Waals surface area contributed by atoms with Crippen LogP contribution in [0, 0.1) is 6.92 Å². The number of nitrogen functional groups attached to an aromatic ring is 1. The number of nitrogens with one attached hydrogen (secondary N) is 1. The standard InChI is InChI=1S/C10H11N3/c1-7-2-4-10(13-7)9-5-3-8(11)6-12-9/h2-6,13H,11H2,1H3. The molecule has 0 saturated carbocycles. The van der Waals surface area contributed by atoms with E-state index in [1.165, 1.54) is 0 Å². The first kappa shape index (κ1) is 7.86. The first-order chi connectivity index (χ1) is 6.25. The maximum absolute atomic E-state index is 5.54. The van der Waals surface area contributed by atoms with Crippen molar-refractivity contribution in [3.05, 3.63) is 36.2 Å². The van der Waals surface area contributed by atoms with Gasteiger partial charge in [-0.3, -0.25) is 4.98 Å². The van der Waals surface area contributed by atoms with Gasteiger partial charge in [0.25, 0.3) is 0 Å². The Morgan fingerprint density at radius 2 is 2.08 bits per heavy atom. The lowest BCUT2D eigenvalue weighted by Gasteiger charge is -1.97. The molecule has 2 heterocycles. The van der Waals surface area contributed by atoms with Gasteiger partial charge in [0, 0.05) is 5.69 Å². The average molecular weight is 173 g/mol. The van der Waals surface area contributed by atoms with Crippen LogP contribution in [0.3, 0.4) is 0 Å². The Kier molecular flexibility index (Phi) is 1.77. The fourth-order valence-corrected chi connectivity index (χ4v) is 1.22. The number of nitrogens with two attached hydrogens (primary N) is 1. The summed E-state index contributed by atoms with van der Waals surface area (Å²) in [5.41, 5.74) is 9.30. The molecule has 0 fully saturated rings. The van der Waals surface area contributed by atoms with Crippen LogP contribution in [-0.2, 0) is 0 Å². The second kappa shape index (κ2) is 2.94. The molecule has 0 spiro atoms. The Morgan fingerprint density at radius 3 is 2.62 bits per heavy atom. The van der Waals surface area contributed by atoms with E-state index in [-0.39, 0.29) is 0 Å². The average Bonchev–Trinajstić information content (AvgIpc) is 2.53. The molecular formula is C10H11N3. The molecule has 0 saturated heterocycles. The number of aromatic amines is 1. The minimum absolute atomic E-state index is 0.687. The molecule has 0 bridgehead atoms. The van der Waals surface area contributed by atoms with Crippen molar-refractivity contribution in [2.24, 2.45) is 0 Å². The molecule has 3 heteroatoms. The second-order valence-electron chi connectivity index (χ2n) is 3.03. The van der Waals surface area contributed by atoms with Crippen LogP contribution < -0.4 is 5.73 Å². The van der Waals surface area contributed by atoms with Crippen molar-refractivity contribution in [2.75, 3.05) is 5.73 Å². The monoisotopic (exact) mass is 173 g/mol. The third-order valence-electron chi connectivity index (χ3n) is 1.89. The fourth-order valence-electron chi connectivity index (χ4n) is 1.22. The Labute approximate surface area is 76.6 Å². The van der Waals surface area contributed by atoms with E-state index in [0.29, 0.717) is 5.69 Å². The zero-order valence-electron chi connectivity index (χ0n) is 7.41. The number of H-pyrrole nitrogens is 1. The summed E-state index contributed by atoms with van der Waals surface area (Å²) in [6, 6.07) is 7.78. The van der Waals surface area contributed by atoms with Gasteiger partial charge in [0.2, 0.25) is 0 Å². The quantitative estimate of drug-likeness (QED) is 0.692. The number of rotatable bonds is 1. The van der Waals surface area contributed by atoms with Gasteiger partial charge >= 0.3 is 0 Å². The second-order valence-corrected chi connectivity index (χ2v) is 3.03. The van der Waals surface area contributed by atoms with E-state index in [4.69, 9.17) is 5.73 Å². The predicted molar refractivity (Wildman–Crippen MR) is 53.2 cm³/mol. The van der Waals surface area contributed by atoms with Crippen LogP contribution in [0.25, 0.3) is 11.4 Å².